The third-order valence-corrected chi connectivity index (χ3v) is 2.86. The number of hydrogen-bond acceptors (Lipinski definition) is 2. The molecule has 2 aromatic carbocycles. The Morgan fingerprint density at radius 2 is 1.80 bits per heavy atom. The van der Waals surface area contributed by atoms with E-state index in [9.17, 15) is 14.0 Å². The van der Waals surface area contributed by atoms with Crippen LogP contribution >= 0.6 is 11.6 Å². The monoisotopic (exact) mass is 293 g/mol. The van der Waals surface area contributed by atoms with Gasteiger partial charge < -0.3 is 10.4 Å². The highest BCUT2D eigenvalue weighted by molar-refractivity contribution is 6.33. The third kappa shape index (κ3) is 3.13. The lowest BCUT2D eigenvalue weighted by molar-refractivity contribution is 0.0697. The maximum absolute atomic E-state index is 12.9. The third-order valence-electron chi connectivity index (χ3n) is 2.55. The Labute approximate surface area is 118 Å². The van der Waals surface area contributed by atoms with Crippen molar-refractivity contribution in [3.05, 3.63) is 64.4 Å². The van der Waals surface area contributed by atoms with Gasteiger partial charge in [-0.1, -0.05) is 17.7 Å². The Bertz CT molecular complexity index is 688. The van der Waals surface area contributed by atoms with Crippen LogP contribution in [0.3, 0.4) is 0 Å². The standard InChI is InChI=1S/C14H9ClFNO3/c15-11-7-10(16)4-5-12(11)17-13(18)8-2-1-3-9(6-8)14(19)20/h1-7H,(H,17,18)(H,19,20). The average Bonchev–Trinajstić information content (AvgIpc) is 2.42. The molecule has 0 unspecified atom stereocenters. The minimum Gasteiger partial charge on any atom is -0.478 e. The van der Waals surface area contributed by atoms with Crippen LogP contribution in [-0.2, 0) is 0 Å². The van der Waals surface area contributed by atoms with E-state index in [0.717, 1.165) is 12.1 Å². The van der Waals surface area contributed by atoms with Crippen molar-refractivity contribution in [2.75, 3.05) is 5.32 Å². The number of carboxylic acids is 1. The van der Waals surface area contributed by atoms with Gasteiger partial charge in [-0.2, -0.15) is 0 Å². The second-order valence-corrected chi connectivity index (χ2v) is 4.37. The molecule has 0 spiro atoms. The molecule has 20 heavy (non-hydrogen) atoms. The summed E-state index contributed by atoms with van der Waals surface area (Å²) in [4.78, 5) is 22.8. The molecular weight excluding hydrogens is 285 g/mol. The fraction of sp³-hybridized carbons (Fsp3) is 0. The number of rotatable bonds is 3. The number of halogens is 2. The fourth-order valence-corrected chi connectivity index (χ4v) is 1.79. The van der Waals surface area contributed by atoms with E-state index in [0.29, 0.717) is 0 Å². The van der Waals surface area contributed by atoms with Crippen molar-refractivity contribution in [3.63, 3.8) is 0 Å². The van der Waals surface area contributed by atoms with Gasteiger partial charge in [0, 0.05) is 5.56 Å². The van der Waals surface area contributed by atoms with Gasteiger partial charge in [-0.25, -0.2) is 9.18 Å². The Morgan fingerprint density at radius 3 is 2.45 bits per heavy atom. The van der Waals surface area contributed by atoms with Crippen molar-refractivity contribution in [2.45, 2.75) is 0 Å². The summed E-state index contributed by atoms with van der Waals surface area (Å²) >= 11 is 5.79. The molecule has 1 amide bonds. The molecule has 0 heterocycles. The average molecular weight is 294 g/mol. The highest BCUT2D eigenvalue weighted by Crippen LogP contribution is 2.23. The van der Waals surface area contributed by atoms with Crippen LogP contribution in [0.15, 0.2) is 42.5 Å². The molecule has 0 aliphatic rings. The number of nitrogens with one attached hydrogen (secondary N) is 1. The van der Waals surface area contributed by atoms with Crippen LogP contribution in [-0.4, -0.2) is 17.0 Å². The van der Waals surface area contributed by atoms with Gasteiger partial charge in [0.05, 0.1) is 16.3 Å². The summed E-state index contributed by atoms with van der Waals surface area (Å²) in [7, 11) is 0. The molecule has 0 saturated carbocycles. The van der Waals surface area contributed by atoms with Gasteiger partial charge in [-0.05, 0) is 36.4 Å². The van der Waals surface area contributed by atoms with E-state index in [1.54, 1.807) is 0 Å². The van der Waals surface area contributed by atoms with E-state index in [4.69, 9.17) is 16.7 Å². The van der Waals surface area contributed by atoms with E-state index in [2.05, 4.69) is 5.32 Å². The number of carbonyl (C=O) groups is 2. The summed E-state index contributed by atoms with van der Waals surface area (Å²) in [6.45, 7) is 0. The van der Waals surface area contributed by atoms with Crippen LogP contribution in [0.5, 0.6) is 0 Å². The predicted molar refractivity (Wildman–Crippen MR) is 72.8 cm³/mol. The van der Waals surface area contributed by atoms with Gasteiger partial charge in [0.2, 0.25) is 0 Å². The quantitative estimate of drug-likeness (QED) is 0.911. The molecule has 0 bridgehead atoms. The van der Waals surface area contributed by atoms with Gasteiger partial charge in [0.25, 0.3) is 5.91 Å². The number of carboxylic acid groups (broad SMARTS) is 1. The first-order valence-corrected chi connectivity index (χ1v) is 5.95. The predicted octanol–water partition coefficient (Wildman–Crippen LogP) is 3.43. The van der Waals surface area contributed by atoms with Crippen molar-refractivity contribution >= 4 is 29.2 Å². The van der Waals surface area contributed by atoms with Crippen molar-refractivity contribution in [1.82, 2.24) is 0 Å². The second kappa shape index (κ2) is 5.71. The zero-order valence-electron chi connectivity index (χ0n) is 10.1. The Hall–Kier alpha value is -2.40. The Balaban J connectivity index is 2.24. The lowest BCUT2D eigenvalue weighted by Gasteiger charge is -2.07. The van der Waals surface area contributed by atoms with Crippen LogP contribution in [0.4, 0.5) is 10.1 Å². The maximum atomic E-state index is 12.9. The summed E-state index contributed by atoms with van der Waals surface area (Å²) in [5.41, 5.74) is 0.423. The largest absolute Gasteiger partial charge is 0.478 e. The van der Waals surface area contributed by atoms with Crippen LogP contribution in [0.25, 0.3) is 0 Å². The van der Waals surface area contributed by atoms with Crippen LogP contribution in [0.2, 0.25) is 5.02 Å². The Kier molecular flexibility index (Phi) is 4.00. The van der Waals surface area contributed by atoms with Gasteiger partial charge in [0.1, 0.15) is 5.82 Å². The molecule has 2 aromatic rings. The van der Waals surface area contributed by atoms with Crippen LogP contribution in [0, 0.1) is 5.82 Å². The van der Waals surface area contributed by atoms with Gasteiger partial charge in [-0.15, -0.1) is 0 Å². The Morgan fingerprint density at radius 1 is 1.10 bits per heavy atom. The number of aromatic carboxylic acids is 1. The summed E-state index contributed by atoms with van der Waals surface area (Å²) in [5.74, 6) is -2.16. The number of anilines is 1. The molecule has 102 valence electrons. The van der Waals surface area contributed by atoms with Crippen molar-refractivity contribution in [3.8, 4) is 0 Å². The molecule has 2 rings (SSSR count). The smallest absolute Gasteiger partial charge is 0.335 e. The first kappa shape index (κ1) is 14.0. The first-order chi connectivity index (χ1) is 9.47. The van der Waals surface area contributed by atoms with Crippen molar-refractivity contribution in [1.29, 1.82) is 0 Å². The number of amides is 1. The highest BCUT2D eigenvalue weighted by atomic mass is 35.5. The minimum absolute atomic E-state index is 0.00264. The van der Waals surface area contributed by atoms with Crippen molar-refractivity contribution in [2.24, 2.45) is 0 Å². The highest BCUT2D eigenvalue weighted by Gasteiger charge is 2.11. The SMILES string of the molecule is O=C(O)c1cccc(C(=O)Nc2ccc(F)cc2Cl)c1. The summed E-state index contributed by atoms with van der Waals surface area (Å²) in [6, 6.07) is 9.12. The molecule has 0 radical (unpaired) electrons. The lowest BCUT2D eigenvalue weighted by Crippen LogP contribution is -2.13. The molecule has 0 atom stereocenters. The minimum atomic E-state index is -1.13. The summed E-state index contributed by atoms with van der Waals surface area (Å²) < 4.78 is 12.9. The van der Waals surface area contributed by atoms with E-state index < -0.39 is 17.7 Å². The molecule has 0 saturated heterocycles. The molecule has 0 aromatic heterocycles. The van der Waals surface area contributed by atoms with Gasteiger partial charge in [-0.3, -0.25) is 4.79 Å². The van der Waals surface area contributed by atoms with Crippen molar-refractivity contribution < 1.29 is 19.1 Å². The van der Waals surface area contributed by atoms with Crippen LogP contribution in [0.1, 0.15) is 20.7 Å². The maximum Gasteiger partial charge on any atom is 0.335 e. The van der Waals surface area contributed by atoms with Gasteiger partial charge in [0.15, 0.2) is 0 Å². The molecule has 2 N–H and O–H groups in total. The number of benzene rings is 2. The second-order valence-electron chi connectivity index (χ2n) is 3.96. The number of hydrogen-bond donors (Lipinski definition) is 2. The topological polar surface area (TPSA) is 66.4 Å². The first-order valence-electron chi connectivity index (χ1n) is 5.57. The van der Waals surface area contributed by atoms with E-state index in [1.165, 1.54) is 30.3 Å². The van der Waals surface area contributed by atoms with E-state index >= 15 is 0 Å². The molecule has 0 fully saturated rings. The van der Waals surface area contributed by atoms with Crippen LogP contribution < -0.4 is 5.32 Å². The zero-order chi connectivity index (χ0) is 14.7. The van der Waals surface area contributed by atoms with E-state index in [1.807, 2.05) is 0 Å². The number of carbonyl (C=O) groups excluding carboxylic acids is 1. The summed E-state index contributed by atoms with van der Waals surface area (Å²) in [5, 5.41) is 11.4. The molecular formula is C14H9ClFNO3. The lowest BCUT2D eigenvalue weighted by atomic mass is 10.1. The molecule has 6 heteroatoms. The summed E-state index contributed by atoms with van der Waals surface area (Å²) in [6.07, 6.45) is 0. The normalized spacial score (nSPS) is 10.1. The molecule has 0 aliphatic carbocycles. The molecule has 4 nitrogen and oxygen atoms in total. The zero-order valence-corrected chi connectivity index (χ0v) is 10.8. The molecule has 0 aliphatic heterocycles. The van der Waals surface area contributed by atoms with Gasteiger partial charge >= 0.3 is 5.97 Å². The van der Waals surface area contributed by atoms with E-state index in [-0.39, 0.29) is 21.8 Å². The fourth-order valence-electron chi connectivity index (χ4n) is 1.58.